The fourth-order valence-electron chi connectivity index (χ4n) is 4.36. The molecule has 0 saturated carbocycles. The van der Waals surface area contributed by atoms with E-state index < -0.39 is 23.5 Å². The summed E-state index contributed by atoms with van der Waals surface area (Å²) in [6, 6.07) is 21.2. The molecule has 0 radical (unpaired) electrons. The lowest BCUT2D eigenvalue weighted by Gasteiger charge is -2.24. The van der Waals surface area contributed by atoms with Crippen LogP contribution in [-0.4, -0.2) is 35.0 Å². The van der Waals surface area contributed by atoms with Crippen molar-refractivity contribution in [2.75, 3.05) is 18.1 Å². The fourth-order valence-corrected chi connectivity index (χ4v) is 5.38. The molecule has 1 aliphatic heterocycles. The minimum atomic E-state index is -0.863. The number of allylic oxidation sites excluding steroid dienone is 1. The number of aliphatic hydroxyl groups is 1. The van der Waals surface area contributed by atoms with Gasteiger partial charge in [-0.1, -0.05) is 59.9 Å². The molecule has 1 amide bonds. The van der Waals surface area contributed by atoms with E-state index >= 15 is 0 Å². The Bertz CT molecular complexity index is 1540. The number of thiazole rings is 1. The van der Waals surface area contributed by atoms with Gasteiger partial charge in [-0.2, -0.15) is 0 Å². The number of amides is 1. The number of nitrogens with zero attached hydrogens (tertiary/aromatic N) is 2. The number of benzene rings is 3. The minimum Gasteiger partial charge on any atom is -0.503 e. The molecule has 0 fully saturated rings. The van der Waals surface area contributed by atoms with E-state index in [1.54, 1.807) is 30.3 Å². The monoisotopic (exact) mass is 526 g/mol. The molecule has 0 bridgehead atoms. The number of rotatable bonds is 9. The van der Waals surface area contributed by atoms with Crippen molar-refractivity contribution in [3.05, 3.63) is 101 Å². The van der Waals surface area contributed by atoms with Crippen molar-refractivity contribution in [1.29, 1.82) is 0 Å². The second kappa shape index (κ2) is 10.9. The normalized spacial score (nSPS) is 15.6. The summed E-state index contributed by atoms with van der Waals surface area (Å²) >= 11 is 1.30. The van der Waals surface area contributed by atoms with Crippen LogP contribution in [-0.2, 0) is 9.59 Å². The van der Waals surface area contributed by atoms with Crippen LogP contribution in [0, 0.1) is 0 Å². The first-order valence-electron chi connectivity index (χ1n) is 12.3. The zero-order chi connectivity index (χ0) is 26.6. The van der Waals surface area contributed by atoms with Gasteiger partial charge in [0.25, 0.3) is 5.91 Å². The molecule has 7 nitrogen and oxygen atoms in total. The molecule has 5 rings (SSSR count). The predicted octanol–water partition coefficient (Wildman–Crippen LogP) is 6.28. The Hall–Kier alpha value is -4.43. The van der Waals surface area contributed by atoms with Crippen LogP contribution in [0.2, 0.25) is 0 Å². The molecule has 1 N–H and O–H groups in total. The Morgan fingerprint density at radius 2 is 1.68 bits per heavy atom. The molecule has 3 aromatic carbocycles. The smallest absolute Gasteiger partial charge is 0.296 e. The predicted molar refractivity (Wildman–Crippen MR) is 149 cm³/mol. The molecular weight excluding hydrogens is 500 g/mol. The Labute approximate surface area is 224 Å². The van der Waals surface area contributed by atoms with Gasteiger partial charge in [-0.25, -0.2) is 4.98 Å². The van der Waals surface area contributed by atoms with E-state index in [-0.39, 0.29) is 5.57 Å². The van der Waals surface area contributed by atoms with E-state index in [1.807, 2.05) is 62.4 Å². The largest absolute Gasteiger partial charge is 0.503 e. The summed E-state index contributed by atoms with van der Waals surface area (Å²) in [5.74, 6) is -0.347. The second-order valence-corrected chi connectivity index (χ2v) is 9.52. The molecule has 38 heavy (non-hydrogen) atoms. The van der Waals surface area contributed by atoms with Crippen LogP contribution in [0.1, 0.15) is 31.0 Å². The first-order chi connectivity index (χ1) is 18.5. The van der Waals surface area contributed by atoms with Gasteiger partial charge in [-0.05, 0) is 61.4 Å². The Balaban J connectivity index is 1.57. The molecule has 2 heterocycles. The third-order valence-electron chi connectivity index (χ3n) is 6.07. The molecule has 1 aromatic heterocycles. The highest BCUT2D eigenvalue weighted by Crippen LogP contribution is 2.44. The third kappa shape index (κ3) is 4.90. The summed E-state index contributed by atoms with van der Waals surface area (Å²) in [6.45, 7) is 4.84. The summed E-state index contributed by atoms with van der Waals surface area (Å²) in [5, 5.41) is 11.4. The zero-order valence-electron chi connectivity index (χ0n) is 21.0. The lowest BCUT2D eigenvalue weighted by atomic mass is 9.95. The number of fused-ring (bicyclic) bond motifs is 1. The molecule has 192 valence electrons. The highest BCUT2D eigenvalue weighted by molar-refractivity contribution is 7.22. The molecule has 8 heteroatoms. The molecule has 1 atom stereocenters. The van der Waals surface area contributed by atoms with Crippen molar-refractivity contribution in [3.8, 4) is 11.5 Å². The van der Waals surface area contributed by atoms with Crippen LogP contribution in [0.3, 0.4) is 0 Å². The van der Waals surface area contributed by atoms with Crippen molar-refractivity contribution in [3.63, 3.8) is 0 Å². The number of ether oxygens (including phenoxy) is 2. The van der Waals surface area contributed by atoms with Gasteiger partial charge in [0.1, 0.15) is 11.5 Å². The maximum atomic E-state index is 13.5. The van der Waals surface area contributed by atoms with Crippen LogP contribution < -0.4 is 14.4 Å². The van der Waals surface area contributed by atoms with E-state index in [2.05, 4.69) is 4.98 Å². The van der Waals surface area contributed by atoms with E-state index in [4.69, 9.17) is 9.47 Å². The summed E-state index contributed by atoms with van der Waals surface area (Å²) in [5.41, 5.74) is 2.17. The van der Waals surface area contributed by atoms with Crippen molar-refractivity contribution in [2.24, 2.45) is 0 Å². The van der Waals surface area contributed by atoms with Crippen LogP contribution in [0.5, 0.6) is 11.5 Å². The standard InChI is InChI=1S/C30H26N2O5S/c1-3-36-21-13-11-20(12-14-21)27-26(24(33)17-10-19-8-6-5-7-9-19)28(34)29(35)32(27)30-31-23-16-15-22(37-4-2)18-25(23)38-30/h5-18,27,34H,3-4H2,1-2H3/b17-10+. The van der Waals surface area contributed by atoms with E-state index in [0.717, 1.165) is 10.3 Å². The summed E-state index contributed by atoms with van der Waals surface area (Å²) in [4.78, 5) is 33.0. The summed E-state index contributed by atoms with van der Waals surface area (Å²) in [7, 11) is 0. The lowest BCUT2D eigenvalue weighted by Crippen LogP contribution is -2.30. The maximum absolute atomic E-state index is 13.5. The molecule has 0 aliphatic carbocycles. The van der Waals surface area contributed by atoms with Crippen LogP contribution >= 0.6 is 11.3 Å². The van der Waals surface area contributed by atoms with Crippen LogP contribution in [0.4, 0.5) is 5.13 Å². The quantitative estimate of drug-likeness (QED) is 0.258. The highest BCUT2D eigenvalue weighted by atomic mass is 32.1. The van der Waals surface area contributed by atoms with Crippen LogP contribution in [0.25, 0.3) is 16.3 Å². The van der Waals surface area contributed by atoms with E-state index in [0.29, 0.717) is 40.9 Å². The first kappa shape index (κ1) is 25.2. The van der Waals surface area contributed by atoms with Gasteiger partial charge in [0.15, 0.2) is 16.7 Å². The Morgan fingerprint density at radius 3 is 2.39 bits per heavy atom. The Kier molecular flexibility index (Phi) is 7.24. The van der Waals surface area contributed by atoms with Crippen molar-refractivity contribution in [2.45, 2.75) is 19.9 Å². The van der Waals surface area contributed by atoms with Crippen LogP contribution in [0.15, 0.2) is 90.2 Å². The number of hydrogen-bond donors (Lipinski definition) is 1. The first-order valence-corrected chi connectivity index (χ1v) is 13.1. The van der Waals surface area contributed by atoms with Gasteiger partial charge in [0, 0.05) is 0 Å². The third-order valence-corrected chi connectivity index (χ3v) is 7.09. The molecular formula is C30H26N2O5S. The summed E-state index contributed by atoms with van der Waals surface area (Å²) < 4.78 is 12.0. The van der Waals surface area contributed by atoms with E-state index in [9.17, 15) is 14.7 Å². The minimum absolute atomic E-state index is 0.000558. The van der Waals surface area contributed by atoms with Gasteiger partial charge in [-0.3, -0.25) is 14.5 Å². The van der Waals surface area contributed by atoms with Gasteiger partial charge >= 0.3 is 0 Å². The van der Waals surface area contributed by atoms with Gasteiger partial charge in [-0.15, -0.1) is 0 Å². The second-order valence-electron chi connectivity index (χ2n) is 8.51. The number of hydrogen-bond acceptors (Lipinski definition) is 7. The molecule has 4 aromatic rings. The number of aliphatic hydroxyl groups excluding tert-OH is 1. The SMILES string of the molecule is CCOc1ccc(C2C(C(=O)/C=C/c3ccccc3)=C(O)C(=O)N2c2nc3ccc(OCC)cc3s2)cc1. The maximum Gasteiger partial charge on any atom is 0.296 e. The zero-order valence-corrected chi connectivity index (χ0v) is 21.8. The average molecular weight is 527 g/mol. The number of carbonyl (C=O) groups excluding carboxylic acids is 2. The van der Waals surface area contributed by atoms with Gasteiger partial charge < -0.3 is 14.6 Å². The molecule has 1 aliphatic rings. The number of anilines is 1. The lowest BCUT2D eigenvalue weighted by molar-refractivity contribution is -0.117. The highest BCUT2D eigenvalue weighted by Gasteiger charge is 2.45. The number of aromatic nitrogens is 1. The fraction of sp³-hybridized carbons (Fsp3) is 0.167. The number of carbonyl (C=O) groups is 2. The van der Waals surface area contributed by atoms with Crippen molar-refractivity contribution in [1.82, 2.24) is 4.98 Å². The van der Waals surface area contributed by atoms with Crippen molar-refractivity contribution >= 4 is 44.5 Å². The Morgan fingerprint density at radius 1 is 1.00 bits per heavy atom. The average Bonchev–Trinajstić information content (AvgIpc) is 3.46. The topological polar surface area (TPSA) is 89.0 Å². The number of ketones is 1. The molecule has 0 spiro atoms. The van der Waals surface area contributed by atoms with E-state index in [1.165, 1.54) is 22.3 Å². The summed E-state index contributed by atoms with van der Waals surface area (Å²) in [6.07, 6.45) is 3.05. The molecule has 0 saturated heterocycles. The van der Waals surface area contributed by atoms with Gasteiger partial charge in [0.2, 0.25) is 0 Å². The molecule has 1 unspecified atom stereocenters. The van der Waals surface area contributed by atoms with Gasteiger partial charge in [0.05, 0.1) is 35.0 Å². The van der Waals surface area contributed by atoms with Crippen molar-refractivity contribution < 1.29 is 24.2 Å².